The highest BCUT2D eigenvalue weighted by atomic mass is 32.2. The van der Waals surface area contributed by atoms with Crippen LogP contribution in [0.2, 0.25) is 0 Å². The topological polar surface area (TPSA) is 43.9 Å². The molecule has 5 nitrogen and oxygen atoms in total. The number of nitrogens with zero attached hydrogens (tertiary/aromatic N) is 3. The first-order valence-electron chi connectivity index (χ1n) is 10.5. The molecular weight excluding hydrogens is 334 g/mol. The van der Waals surface area contributed by atoms with E-state index in [1.807, 2.05) is 4.31 Å². The molecule has 0 N–H and O–H groups in total. The van der Waals surface area contributed by atoms with Crippen LogP contribution in [0, 0.1) is 11.8 Å². The van der Waals surface area contributed by atoms with Gasteiger partial charge in [-0.05, 0) is 76.4 Å². The van der Waals surface area contributed by atoms with Crippen LogP contribution in [0.1, 0.15) is 65.2 Å². The van der Waals surface area contributed by atoms with Gasteiger partial charge in [-0.2, -0.15) is 17.0 Å². The number of likely N-dealkylation sites (tertiary alicyclic amines) is 1. The second-order valence-corrected chi connectivity index (χ2v) is 10.5. The van der Waals surface area contributed by atoms with Gasteiger partial charge in [-0.1, -0.05) is 20.3 Å². The van der Waals surface area contributed by atoms with Gasteiger partial charge in [-0.15, -0.1) is 0 Å². The van der Waals surface area contributed by atoms with E-state index >= 15 is 0 Å². The summed E-state index contributed by atoms with van der Waals surface area (Å²) in [7, 11) is -3.27. The molecule has 0 aliphatic carbocycles. The Morgan fingerprint density at radius 3 is 2.04 bits per heavy atom. The van der Waals surface area contributed by atoms with Crippen LogP contribution in [0.5, 0.6) is 0 Å². The molecule has 3 rings (SSSR count). The number of piperidine rings is 3. The highest BCUT2D eigenvalue weighted by molar-refractivity contribution is 7.86. The maximum atomic E-state index is 13.2. The fraction of sp³-hybridized carbons (Fsp3) is 1.00. The molecule has 146 valence electrons. The lowest BCUT2D eigenvalue weighted by Gasteiger charge is -2.40. The second-order valence-electron chi connectivity index (χ2n) is 8.66. The Labute approximate surface area is 154 Å². The Morgan fingerprint density at radius 1 is 0.800 bits per heavy atom. The standard InChI is InChI=1S/C19H37N3O2S/c1-17-6-12-20(13-7-17)14-10-19-5-3-4-11-22(19)25(23,24)21-15-8-18(2)9-16-21/h17-19H,3-16H2,1-2H3. The van der Waals surface area contributed by atoms with Gasteiger partial charge < -0.3 is 4.90 Å². The summed E-state index contributed by atoms with van der Waals surface area (Å²) in [6.07, 6.45) is 8.81. The van der Waals surface area contributed by atoms with Gasteiger partial charge in [0, 0.05) is 25.7 Å². The Bertz CT molecular complexity index is 509. The second kappa shape index (κ2) is 8.68. The SMILES string of the molecule is CC1CCN(CCC2CCCCN2S(=O)(=O)N2CCC(C)CC2)CC1. The van der Waals surface area contributed by atoms with Crippen molar-refractivity contribution >= 4 is 10.2 Å². The molecule has 6 heteroatoms. The van der Waals surface area contributed by atoms with Crippen molar-refractivity contribution in [1.82, 2.24) is 13.5 Å². The predicted octanol–water partition coefficient (Wildman–Crippen LogP) is 2.94. The minimum atomic E-state index is -3.27. The fourth-order valence-corrected chi connectivity index (χ4v) is 6.46. The van der Waals surface area contributed by atoms with E-state index in [2.05, 4.69) is 18.7 Å². The zero-order valence-corrected chi connectivity index (χ0v) is 17.0. The summed E-state index contributed by atoms with van der Waals surface area (Å²) in [6, 6.07) is 0.206. The molecule has 0 bridgehead atoms. The fourth-order valence-electron chi connectivity index (χ4n) is 4.55. The number of rotatable bonds is 5. The van der Waals surface area contributed by atoms with E-state index < -0.39 is 10.2 Å². The molecule has 3 saturated heterocycles. The van der Waals surface area contributed by atoms with Crippen molar-refractivity contribution in [3.8, 4) is 0 Å². The van der Waals surface area contributed by atoms with Gasteiger partial charge in [0.1, 0.15) is 0 Å². The van der Waals surface area contributed by atoms with Crippen molar-refractivity contribution in [3.63, 3.8) is 0 Å². The summed E-state index contributed by atoms with van der Waals surface area (Å²) in [5.74, 6) is 1.51. The van der Waals surface area contributed by atoms with Crippen molar-refractivity contribution in [1.29, 1.82) is 0 Å². The van der Waals surface area contributed by atoms with Gasteiger partial charge >= 0.3 is 0 Å². The molecular formula is C19H37N3O2S. The van der Waals surface area contributed by atoms with Crippen molar-refractivity contribution < 1.29 is 8.42 Å². The lowest BCUT2D eigenvalue weighted by molar-refractivity contribution is 0.156. The average Bonchev–Trinajstić information content (AvgIpc) is 2.62. The molecule has 1 unspecified atom stereocenters. The third kappa shape index (κ3) is 4.96. The first-order valence-corrected chi connectivity index (χ1v) is 11.9. The molecule has 0 aromatic carbocycles. The highest BCUT2D eigenvalue weighted by Gasteiger charge is 2.37. The van der Waals surface area contributed by atoms with E-state index in [0.29, 0.717) is 19.0 Å². The summed E-state index contributed by atoms with van der Waals surface area (Å²) in [5.41, 5.74) is 0. The Morgan fingerprint density at radius 2 is 1.40 bits per heavy atom. The maximum absolute atomic E-state index is 13.2. The molecule has 0 aromatic rings. The summed E-state index contributed by atoms with van der Waals surface area (Å²) in [4.78, 5) is 2.54. The van der Waals surface area contributed by atoms with E-state index in [0.717, 1.165) is 51.1 Å². The van der Waals surface area contributed by atoms with Crippen LogP contribution in [0.15, 0.2) is 0 Å². The van der Waals surface area contributed by atoms with Gasteiger partial charge in [-0.3, -0.25) is 0 Å². The molecule has 1 atom stereocenters. The van der Waals surface area contributed by atoms with Crippen LogP contribution in [-0.4, -0.2) is 67.2 Å². The van der Waals surface area contributed by atoms with Crippen molar-refractivity contribution in [3.05, 3.63) is 0 Å². The summed E-state index contributed by atoms with van der Waals surface area (Å²) in [6.45, 7) is 10.1. The minimum absolute atomic E-state index is 0.206. The Kier molecular flexibility index (Phi) is 6.80. The summed E-state index contributed by atoms with van der Waals surface area (Å²) >= 11 is 0. The maximum Gasteiger partial charge on any atom is 0.282 e. The molecule has 0 saturated carbocycles. The van der Waals surface area contributed by atoms with Crippen LogP contribution in [0.4, 0.5) is 0 Å². The average molecular weight is 372 g/mol. The largest absolute Gasteiger partial charge is 0.303 e. The Balaban J connectivity index is 1.58. The van der Waals surface area contributed by atoms with Crippen molar-refractivity contribution in [2.75, 3.05) is 39.3 Å². The van der Waals surface area contributed by atoms with E-state index in [4.69, 9.17) is 0 Å². The van der Waals surface area contributed by atoms with E-state index in [9.17, 15) is 8.42 Å². The molecule has 3 heterocycles. The molecule has 3 aliphatic rings. The minimum Gasteiger partial charge on any atom is -0.303 e. The first kappa shape index (κ1) is 19.6. The zero-order chi connectivity index (χ0) is 17.9. The van der Waals surface area contributed by atoms with E-state index in [1.54, 1.807) is 4.31 Å². The third-order valence-corrected chi connectivity index (χ3v) is 8.68. The lowest BCUT2D eigenvalue weighted by atomic mass is 9.98. The third-order valence-electron chi connectivity index (χ3n) is 6.59. The quantitative estimate of drug-likeness (QED) is 0.746. The highest BCUT2D eigenvalue weighted by Crippen LogP contribution is 2.28. The molecule has 3 fully saturated rings. The van der Waals surface area contributed by atoms with Gasteiger partial charge in [-0.25, -0.2) is 0 Å². The van der Waals surface area contributed by atoms with Crippen LogP contribution in [0.3, 0.4) is 0 Å². The van der Waals surface area contributed by atoms with Crippen molar-refractivity contribution in [2.45, 2.75) is 71.3 Å². The zero-order valence-electron chi connectivity index (χ0n) is 16.2. The molecule has 0 aromatic heterocycles. The summed E-state index contributed by atoms with van der Waals surface area (Å²) < 4.78 is 30.0. The Hall–Kier alpha value is -0.170. The molecule has 3 aliphatic heterocycles. The van der Waals surface area contributed by atoms with Crippen LogP contribution < -0.4 is 0 Å². The van der Waals surface area contributed by atoms with Crippen LogP contribution >= 0.6 is 0 Å². The summed E-state index contributed by atoms with van der Waals surface area (Å²) in [5, 5.41) is 0. The molecule has 0 amide bonds. The smallest absolute Gasteiger partial charge is 0.282 e. The van der Waals surface area contributed by atoms with E-state index in [-0.39, 0.29) is 6.04 Å². The molecule has 0 spiro atoms. The van der Waals surface area contributed by atoms with Gasteiger partial charge in [0.05, 0.1) is 0 Å². The van der Waals surface area contributed by atoms with Gasteiger partial charge in [0.15, 0.2) is 0 Å². The van der Waals surface area contributed by atoms with Crippen LogP contribution in [0.25, 0.3) is 0 Å². The van der Waals surface area contributed by atoms with Crippen molar-refractivity contribution in [2.24, 2.45) is 11.8 Å². The molecule has 0 radical (unpaired) electrons. The number of hydrogen-bond acceptors (Lipinski definition) is 3. The predicted molar refractivity (Wildman–Crippen MR) is 103 cm³/mol. The van der Waals surface area contributed by atoms with Crippen LogP contribution in [-0.2, 0) is 10.2 Å². The van der Waals surface area contributed by atoms with Gasteiger partial charge in [0.2, 0.25) is 0 Å². The lowest BCUT2D eigenvalue weighted by Crippen LogP contribution is -2.53. The van der Waals surface area contributed by atoms with E-state index in [1.165, 1.54) is 32.4 Å². The number of hydrogen-bond donors (Lipinski definition) is 0. The monoisotopic (exact) mass is 371 g/mol. The normalized spacial score (nSPS) is 29.9. The van der Waals surface area contributed by atoms with Gasteiger partial charge in [0.25, 0.3) is 10.2 Å². The first-order chi connectivity index (χ1) is 12.0. The molecule has 25 heavy (non-hydrogen) atoms.